The molecule has 118 valence electrons. The molecule has 4 rings (SSSR count). The van der Waals surface area contributed by atoms with Crippen molar-refractivity contribution in [3.63, 3.8) is 0 Å². The average molecular weight is 332 g/mol. The third kappa shape index (κ3) is 2.41. The number of fused-ring (bicyclic) bond motifs is 2. The van der Waals surface area contributed by atoms with E-state index in [2.05, 4.69) is 9.71 Å². The number of hydrogen-bond acceptors (Lipinski definition) is 5. The summed E-state index contributed by atoms with van der Waals surface area (Å²) in [5, 5.41) is 0. The first kappa shape index (κ1) is 14.0. The molecule has 0 amide bonds. The van der Waals surface area contributed by atoms with Crippen molar-refractivity contribution in [2.75, 3.05) is 6.61 Å². The van der Waals surface area contributed by atoms with Crippen LogP contribution < -0.4 is 15.2 Å². The summed E-state index contributed by atoms with van der Waals surface area (Å²) in [5.74, 6) is 0.0490. The van der Waals surface area contributed by atoms with E-state index < -0.39 is 21.8 Å². The van der Waals surface area contributed by atoms with Crippen molar-refractivity contribution in [2.45, 2.75) is 10.9 Å². The Labute approximate surface area is 130 Å². The number of oxazole rings is 1. The number of nitrogens with one attached hydrogen (secondary N) is 2. The van der Waals surface area contributed by atoms with Gasteiger partial charge in [-0.15, -0.1) is 0 Å². The molecule has 2 aromatic carbocycles. The quantitative estimate of drug-likeness (QED) is 0.757. The number of rotatable bonds is 3. The van der Waals surface area contributed by atoms with Crippen LogP contribution in [-0.4, -0.2) is 20.0 Å². The van der Waals surface area contributed by atoms with Crippen LogP contribution in [0.5, 0.6) is 5.75 Å². The van der Waals surface area contributed by atoms with E-state index in [1.54, 1.807) is 6.07 Å². The summed E-state index contributed by atoms with van der Waals surface area (Å²) < 4.78 is 38.1. The van der Waals surface area contributed by atoms with Crippen molar-refractivity contribution in [3.05, 3.63) is 58.6 Å². The highest BCUT2D eigenvalue weighted by molar-refractivity contribution is 7.89. The summed E-state index contributed by atoms with van der Waals surface area (Å²) in [7, 11) is -3.77. The van der Waals surface area contributed by atoms with Crippen LogP contribution in [0.25, 0.3) is 11.1 Å². The standard InChI is InChI=1S/C15H12N2O5S/c18-15-16-11-6-5-9(7-14(11)22-15)23(19,20)17-12-8-21-13-4-2-1-3-10(12)13/h1-7,12,17H,8H2,(H,16,18). The number of aromatic amines is 1. The van der Waals surface area contributed by atoms with Crippen LogP contribution in [0.2, 0.25) is 0 Å². The number of benzene rings is 2. The molecule has 1 unspecified atom stereocenters. The van der Waals surface area contributed by atoms with Gasteiger partial charge < -0.3 is 9.15 Å². The Morgan fingerprint density at radius 1 is 1.17 bits per heavy atom. The highest BCUT2D eigenvalue weighted by Gasteiger charge is 2.28. The highest BCUT2D eigenvalue weighted by atomic mass is 32.2. The van der Waals surface area contributed by atoms with Gasteiger partial charge in [0.1, 0.15) is 12.4 Å². The molecule has 1 aliphatic rings. The van der Waals surface area contributed by atoms with Gasteiger partial charge >= 0.3 is 5.76 Å². The second kappa shape index (κ2) is 4.97. The first-order valence-corrected chi connectivity index (χ1v) is 8.38. The lowest BCUT2D eigenvalue weighted by molar-refractivity contribution is 0.325. The lowest BCUT2D eigenvalue weighted by atomic mass is 10.1. The molecule has 0 saturated carbocycles. The first-order chi connectivity index (χ1) is 11.0. The molecule has 3 aromatic rings. The molecule has 0 spiro atoms. The zero-order valence-electron chi connectivity index (χ0n) is 11.8. The van der Waals surface area contributed by atoms with Gasteiger partial charge in [-0.05, 0) is 18.2 Å². The zero-order chi connectivity index (χ0) is 16.0. The largest absolute Gasteiger partial charge is 0.491 e. The molecule has 1 aromatic heterocycles. The smallest absolute Gasteiger partial charge is 0.417 e. The van der Waals surface area contributed by atoms with Crippen molar-refractivity contribution in [3.8, 4) is 5.75 Å². The minimum Gasteiger partial charge on any atom is -0.491 e. The van der Waals surface area contributed by atoms with Gasteiger partial charge in [-0.1, -0.05) is 18.2 Å². The van der Waals surface area contributed by atoms with Crippen LogP contribution in [0.4, 0.5) is 0 Å². The van der Waals surface area contributed by atoms with Gasteiger partial charge in [-0.25, -0.2) is 17.9 Å². The second-order valence-electron chi connectivity index (χ2n) is 5.20. The molecular weight excluding hydrogens is 320 g/mol. The molecule has 0 saturated heterocycles. The highest BCUT2D eigenvalue weighted by Crippen LogP contribution is 2.32. The molecule has 0 fully saturated rings. The minimum atomic E-state index is -3.77. The van der Waals surface area contributed by atoms with Crippen molar-refractivity contribution in [2.24, 2.45) is 0 Å². The summed E-state index contributed by atoms with van der Waals surface area (Å²) >= 11 is 0. The van der Waals surface area contributed by atoms with Gasteiger partial charge in [0.05, 0.1) is 16.5 Å². The Morgan fingerprint density at radius 3 is 2.87 bits per heavy atom. The van der Waals surface area contributed by atoms with Crippen LogP contribution >= 0.6 is 0 Å². The molecule has 1 aliphatic heterocycles. The van der Waals surface area contributed by atoms with Gasteiger partial charge in [0.25, 0.3) is 0 Å². The third-order valence-corrected chi connectivity index (χ3v) is 5.17. The fourth-order valence-corrected chi connectivity index (χ4v) is 3.82. The van der Waals surface area contributed by atoms with Crippen molar-refractivity contribution >= 4 is 21.1 Å². The molecule has 0 bridgehead atoms. The zero-order valence-corrected chi connectivity index (χ0v) is 12.6. The normalized spacial score (nSPS) is 17.1. The number of aromatic nitrogens is 1. The summed E-state index contributed by atoms with van der Waals surface area (Å²) in [5.41, 5.74) is 1.44. The second-order valence-corrected chi connectivity index (χ2v) is 6.91. The SMILES string of the molecule is O=c1[nH]c2ccc(S(=O)(=O)NC3COc4ccccc43)cc2o1. The van der Waals surface area contributed by atoms with Gasteiger partial charge in [-0.3, -0.25) is 4.98 Å². The number of para-hydroxylation sites is 1. The minimum absolute atomic E-state index is 0.0251. The van der Waals surface area contributed by atoms with Crippen molar-refractivity contribution in [1.29, 1.82) is 0 Å². The van der Waals surface area contributed by atoms with Gasteiger partial charge in [0, 0.05) is 11.6 Å². The molecule has 0 aliphatic carbocycles. The summed E-state index contributed by atoms with van der Waals surface area (Å²) in [6, 6.07) is 11.1. The molecule has 2 N–H and O–H groups in total. The lowest BCUT2D eigenvalue weighted by Crippen LogP contribution is -2.29. The van der Waals surface area contributed by atoms with E-state index in [0.717, 1.165) is 5.56 Å². The molecule has 2 heterocycles. The molecular formula is C15H12N2O5S. The number of sulfonamides is 1. The number of hydrogen-bond donors (Lipinski definition) is 2. The predicted molar refractivity (Wildman–Crippen MR) is 81.8 cm³/mol. The van der Waals surface area contributed by atoms with Crippen LogP contribution in [0.3, 0.4) is 0 Å². The van der Waals surface area contributed by atoms with Gasteiger partial charge in [-0.2, -0.15) is 0 Å². The van der Waals surface area contributed by atoms with Crippen LogP contribution in [0.15, 0.2) is 56.6 Å². The molecule has 1 atom stereocenters. The fourth-order valence-electron chi connectivity index (χ4n) is 2.61. The Hall–Kier alpha value is -2.58. The number of ether oxygens (including phenoxy) is 1. The van der Waals surface area contributed by atoms with Crippen molar-refractivity contribution < 1.29 is 17.6 Å². The fraction of sp³-hybridized carbons (Fsp3) is 0.133. The van der Waals surface area contributed by atoms with E-state index in [1.807, 2.05) is 18.2 Å². The topological polar surface area (TPSA) is 101 Å². The first-order valence-electron chi connectivity index (χ1n) is 6.90. The molecule has 8 heteroatoms. The van der Waals surface area contributed by atoms with Crippen LogP contribution in [0, 0.1) is 0 Å². The van der Waals surface area contributed by atoms with E-state index in [9.17, 15) is 13.2 Å². The molecule has 23 heavy (non-hydrogen) atoms. The maximum absolute atomic E-state index is 12.6. The summed E-state index contributed by atoms with van der Waals surface area (Å²) in [4.78, 5) is 13.7. The predicted octanol–water partition coefficient (Wildman–Crippen LogP) is 1.53. The summed E-state index contributed by atoms with van der Waals surface area (Å²) in [6.45, 7) is 0.236. The summed E-state index contributed by atoms with van der Waals surface area (Å²) in [6.07, 6.45) is 0. The molecule has 7 nitrogen and oxygen atoms in total. The maximum atomic E-state index is 12.6. The van der Waals surface area contributed by atoms with Crippen molar-refractivity contribution in [1.82, 2.24) is 9.71 Å². The van der Waals surface area contributed by atoms with E-state index >= 15 is 0 Å². The van der Waals surface area contributed by atoms with Gasteiger partial charge in [0.15, 0.2) is 5.58 Å². The monoisotopic (exact) mass is 332 g/mol. The van der Waals surface area contributed by atoms with E-state index in [1.165, 1.54) is 18.2 Å². The molecule has 0 radical (unpaired) electrons. The lowest BCUT2D eigenvalue weighted by Gasteiger charge is -2.12. The Kier molecular flexibility index (Phi) is 3.03. The van der Waals surface area contributed by atoms with E-state index in [0.29, 0.717) is 11.3 Å². The van der Waals surface area contributed by atoms with Crippen LogP contribution in [-0.2, 0) is 10.0 Å². The Bertz CT molecular complexity index is 1050. The number of H-pyrrole nitrogens is 1. The van der Waals surface area contributed by atoms with Crippen LogP contribution in [0.1, 0.15) is 11.6 Å². The third-order valence-electron chi connectivity index (χ3n) is 3.70. The van der Waals surface area contributed by atoms with Gasteiger partial charge in [0.2, 0.25) is 10.0 Å². The van der Waals surface area contributed by atoms with E-state index in [4.69, 9.17) is 9.15 Å². The average Bonchev–Trinajstić information content (AvgIpc) is 3.09. The maximum Gasteiger partial charge on any atom is 0.417 e. The van der Waals surface area contributed by atoms with E-state index in [-0.39, 0.29) is 17.1 Å². The Balaban J connectivity index is 1.68. The Morgan fingerprint density at radius 2 is 2.00 bits per heavy atom.